The van der Waals surface area contributed by atoms with Gasteiger partial charge < -0.3 is 21.2 Å². The van der Waals surface area contributed by atoms with Crippen LogP contribution in [0.5, 0.6) is 0 Å². The number of benzene rings is 1. The summed E-state index contributed by atoms with van der Waals surface area (Å²) in [6.45, 7) is 0.114. The van der Waals surface area contributed by atoms with Crippen molar-refractivity contribution in [3.05, 3.63) is 51.2 Å². The van der Waals surface area contributed by atoms with Crippen LogP contribution in [-0.4, -0.2) is 36.1 Å². The Morgan fingerprint density at radius 3 is 2.75 bits per heavy atom. The van der Waals surface area contributed by atoms with Gasteiger partial charge in [-0.2, -0.15) is 0 Å². The smallest absolute Gasteiger partial charge is 0.268 e. The SMILES string of the molecule is NC(=O)CCNC(=O)c1ccccc1NC(=O)C1CC(c2ccc(Cl)s2)=NO1. The first-order valence-electron chi connectivity index (χ1n) is 8.39. The second kappa shape index (κ2) is 8.85. The number of para-hydroxylation sites is 1. The van der Waals surface area contributed by atoms with Crippen LogP contribution in [0.2, 0.25) is 4.34 Å². The Balaban J connectivity index is 1.62. The molecule has 2 heterocycles. The van der Waals surface area contributed by atoms with Gasteiger partial charge in [0, 0.05) is 19.4 Å². The number of thiophene rings is 1. The number of hydrogen-bond donors (Lipinski definition) is 3. The van der Waals surface area contributed by atoms with Crippen LogP contribution in [-0.2, 0) is 14.4 Å². The van der Waals surface area contributed by atoms with E-state index >= 15 is 0 Å². The number of anilines is 1. The number of halogens is 1. The molecule has 0 radical (unpaired) electrons. The highest BCUT2D eigenvalue weighted by molar-refractivity contribution is 7.18. The van der Waals surface area contributed by atoms with Gasteiger partial charge in [-0.3, -0.25) is 14.4 Å². The molecule has 3 rings (SSSR count). The average molecular weight is 421 g/mol. The third-order valence-corrected chi connectivity index (χ3v) is 5.19. The highest BCUT2D eigenvalue weighted by Gasteiger charge is 2.30. The minimum absolute atomic E-state index is 0.0308. The monoisotopic (exact) mass is 420 g/mol. The van der Waals surface area contributed by atoms with Crippen molar-refractivity contribution < 1.29 is 19.2 Å². The fourth-order valence-electron chi connectivity index (χ4n) is 2.53. The van der Waals surface area contributed by atoms with E-state index in [9.17, 15) is 14.4 Å². The van der Waals surface area contributed by atoms with E-state index in [4.69, 9.17) is 22.2 Å². The molecule has 2 aromatic rings. The predicted octanol–water partition coefficient (Wildman–Crippen LogP) is 2.14. The van der Waals surface area contributed by atoms with Crippen molar-refractivity contribution in [3.63, 3.8) is 0 Å². The molecule has 1 unspecified atom stereocenters. The molecule has 1 atom stereocenters. The van der Waals surface area contributed by atoms with Crippen molar-refractivity contribution in [2.75, 3.05) is 11.9 Å². The number of primary amides is 1. The van der Waals surface area contributed by atoms with Gasteiger partial charge in [0.25, 0.3) is 11.8 Å². The molecule has 1 aromatic heterocycles. The molecule has 28 heavy (non-hydrogen) atoms. The Morgan fingerprint density at radius 1 is 1.25 bits per heavy atom. The second-order valence-electron chi connectivity index (χ2n) is 5.95. The summed E-state index contributed by atoms with van der Waals surface area (Å²) in [5, 5.41) is 9.25. The summed E-state index contributed by atoms with van der Waals surface area (Å²) in [5.74, 6) is -1.35. The molecule has 3 amide bonds. The van der Waals surface area contributed by atoms with Crippen molar-refractivity contribution >= 4 is 52.1 Å². The van der Waals surface area contributed by atoms with Gasteiger partial charge in [-0.05, 0) is 24.3 Å². The summed E-state index contributed by atoms with van der Waals surface area (Å²) in [5.41, 5.74) is 6.31. The Morgan fingerprint density at radius 2 is 2.04 bits per heavy atom. The summed E-state index contributed by atoms with van der Waals surface area (Å²) in [7, 11) is 0. The van der Waals surface area contributed by atoms with Gasteiger partial charge >= 0.3 is 0 Å². The fourth-order valence-corrected chi connectivity index (χ4v) is 3.56. The fraction of sp³-hybridized carbons (Fsp3) is 0.222. The molecule has 0 saturated carbocycles. The highest BCUT2D eigenvalue weighted by atomic mass is 35.5. The maximum Gasteiger partial charge on any atom is 0.268 e. The van der Waals surface area contributed by atoms with Crippen molar-refractivity contribution in [2.24, 2.45) is 10.9 Å². The Labute approximate surface area is 169 Å². The Bertz CT molecular complexity index is 943. The van der Waals surface area contributed by atoms with Gasteiger partial charge in [-0.25, -0.2) is 0 Å². The van der Waals surface area contributed by atoms with E-state index in [0.717, 1.165) is 4.88 Å². The molecular formula is C18H17ClN4O4S. The quantitative estimate of drug-likeness (QED) is 0.634. The van der Waals surface area contributed by atoms with Crippen molar-refractivity contribution in [1.29, 1.82) is 0 Å². The zero-order valence-corrected chi connectivity index (χ0v) is 16.2. The third kappa shape index (κ3) is 4.87. The Hall–Kier alpha value is -2.91. The number of amides is 3. The number of nitrogens with one attached hydrogen (secondary N) is 2. The summed E-state index contributed by atoms with van der Waals surface area (Å²) in [4.78, 5) is 41.7. The molecule has 0 aliphatic carbocycles. The average Bonchev–Trinajstić information content (AvgIpc) is 3.30. The number of hydrogen-bond acceptors (Lipinski definition) is 6. The van der Waals surface area contributed by atoms with Crippen molar-refractivity contribution in [3.8, 4) is 0 Å². The van der Waals surface area contributed by atoms with E-state index in [0.29, 0.717) is 22.2 Å². The van der Waals surface area contributed by atoms with E-state index in [-0.39, 0.29) is 18.5 Å². The van der Waals surface area contributed by atoms with Crippen LogP contribution >= 0.6 is 22.9 Å². The topological polar surface area (TPSA) is 123 Å². The van der Waals surface area contributed by atoms with E-state index in [1.807, 2.05) is 6.07 Å². The minimum atomic E-state index is -0.804. The number of carbonyl (C=O) groups is 3. The lowest BCUT2D eigenvalue weighted by Gasteiger charge is -2.13. The molecule has 1 aliphatic heterocycles. The maximum atomic E-state index is 12.5. The number of oxime groups is 1. The van der Waals surface area contributed by atoms with Crippen LogP contribution < -0.4 is 16.4 Å². The molecule has 4 N–H and O–H groups in total. The number of carbonyl (C=O) groups excluding carboxylic acids is 3. The van der Waals surface area contributed by atoms with E-state index < -0.39 is 23.8 Å². The molecule has 146 valence electrons. The summed E-state index contributed by atoms with van der Waals surface area (Å²) < 4.78 is 0.627. The van der Waals surface area contributed by atoms with Gasteiger partial charge in [0.2, 0.25) is 12.0 Å². The molecule has 8 nitrogen and oxygen atoms in total. The first kappa shape index (κ1) is 19.8. The van der Waals surface area contributed by atoms with E-state index in [1.54, 1.807) is 30.3 Å². The van der Waals surface area contributed by atoms with Crippen LogP contribution in [0.15, 0.2) is 41.6 Å². The van der Waals surface area contributed by atoms with Gasteiger partial charge in [-0.15, -0.1) is 11.3 Å². The van der Waals surface area contributed by atoms with E-state index in [2.05, 4.69) is 15.8 Å². The standard InChI is InChI=1S/C18H17ClN4O4S/c19-15-6-5-14(28-15)12-9-13(27-23-12)18(26)22-11-4-2-1-3-10(11)17(25)21-8-7-16(20)24/h1-6,13H,7-9H2,(H2,20,24)(H,21,25)(H,22,26). The van der Waals surface area contributed by atoms with Gasteiger partial charge in [0.1, 0.15) is 5.71 Å². The van der Waals surface area contributed by atoms with Crippen molar-refractivity contribution in [1.82, 2.24) is 5.32 Å². The second-order valence-corrected chi connectivity index (χ2v) is 7.66. The molecule has 0 saturated heterocycles. The lowest BCUT2D eigenvalue weighted by molar-refractivity contribution is -0.125. The van der Waals surface area contributed by atoms with Crippen LogP contribution in [0.4, 0.5) is 5.69 Å². The maximum absolute atomic E-state index is 12.5. The number of nitrogens with zero attached hydrogens (tertiary/aromatic N) is 1. The molecule has 0 spiro atoms. The lowest BCUT2D eigenvalue weighted by Crippen LogP contribution is -2.31. The van der Waals surface area contributed by atoms with Gasteiger partial charge in [0.15, 0.2) is 0 Å². The van der Waals surface area contributed by atoms with Crippen LogP contribution in [0.25, 0.3) is 0 Å². The van der Waals surface area contributed by atoms with Crippen molar-refractivity contribution in [2.45, 2.75) is 18.9 Å². The molecule has 1 aliphatic rings. The molecular weight excluding hydrogens is 404 g/mol. The minimum Gasteiger partial charge on any atom is -0.382 e. The van der Waals surface area contributed by atoms with Crippen LogP contribution in [0.3, 0.4) is 0 Å². The number of nitrogens with two attached hydrogens (primary N) is 1. The largest absolute Gasteiger partial charge is 0.382 e. The normalized spacial score (nSPS) is 15.5. The van der Waals surface area contributed by atoms with Gasteiger partial charge in [0.05, 0.1) is 20.5 Å². The summed E-state index contributed by atoms with van der Waals surface area (Å²) in [6, 6.07) is 10.1. The Kier molecular flexibility index (Phi) is 6.27. The third-order valence-electron chi connectivity index (χ3n) is 3.91. The van der Waals surface area contributed by atoms with E-state index in [1.165, 1.54) is 11.3 Å². The van der Waals surface area contributed by atoms with Crippen LogP contribution in [0.1, 0.15) is 28.1 Å². The first-order valence-corrected chi connectivity index (χ1v) is 9.58. The first-order chi connectivity index (χ1) is 13.4. The number of rotatable bonds is 7. The molecule has 0 bridgehead atoms. The summed E-state index contributed by atoms with van der Waals surface area (Å²) >= 11 is 7.28. The predicted molar refractivity (Wildman–Crippen MR) is 107 cm³/mol. The van der Waals surface area contributed by atoms with Gasteiger partial charge in [-0.1, -0.05) is 28.9 Å². The lowest BCUT2D eigenvalue weighted by atomic mass is 10.1. The van der Waals surface area contributed by atoms with Crippen LogP contribution in [0, 0.1) is 0 Å². The molecule has 0 fully saturated rings. The zero-order chi connectivity index (χ0) is 20.1. The molecule has 10 heteroatoms. The zero-order valence-electron chi connectivity index (χ0n) is 14.6. The summed E-state index contributed by atoms with van der Waals surface area (Å²) in [6.07, 6.45) is -0.472. The highest BCUT2D eigenvalue weighted by Crippen LogP contribution is 2.27. The molecule has 1 aromatic carbocycles.